The number of hydrogen-bond donors (Lipinski definition) is 1. The van der Waals surface area contributed by atoms with Gasteiger partial charge in [-0.1, -0.05) is 54.6 Å². The first-order valence-electron chi connectivity index (χ1n) is 12.3. The number of piperidine rings is 1. The first-order chi connectivity index (χ1) is 17.0. The van der Waals surface area contributed by atoms with Crippen LogP contribution in [0, 0.1) is 0 Å². The Kier molecular flexibility index (Phi) is 8.12. The molecular formula is C29H30Cl2F3N3. The zero-order valence-electron chi connectivity index (χ0n) is 20.2. The summed E-state index contributed by atoms with van der Waals surface area (Å²) in [5.41, 5.74) is 5.26. The second kappa shape index (κ2) is 11.0. The van der Waals surface area contributed by atoms with Crippen LogP contribution in [0.15, 0.2) is 78.9 Å². The van der Waals surface area contributed by atoms with E-state index in [0.717, 1.165) is 45.0 Å². The molecule has 0 saturated carbocycles. The van der Waals surface area contributed by atoms with Crippen LogP contribution >= 0.6 is 24.8 Å². The minimum Gasteiger partial charge on any atom is -0.382 e. The molecule has 196 valence electrons. The van der Waals surface area contributed by atoms with Crippen molar-refractivity contribution in [3.05, 3.63) is 101 Å². The number of nitrogens with zero attached hydrogens (tertiary/aromatic N) is 2. The van der Waals surface area contributed by atoms with Crippen molar-refractivity contribution in [2.45, 2.75) is 44.1 Å². The zero-order chi connectivity index (χ0) is 24.0. The number of benzene rings is 3. The first kappa shape index (κ1) is 27.4. The van der Waals surface area contributed by atoms with Crippen molar-refractivity contribution in [2.24, 2.45) is 0 Å². The van der Waals surface area contributed by atoms with Gasteiger partial charge in [-0.25, -0.2) is 0 Å². The number of hydrogen-bond acceptors (Lipinski definition) is 2. The highest BCUT2D eigenvalue weighted by molar-refractivity contribution is 5.86. The third-order valence-corrected chi connectivity index (χ3v) is 7.54. The quantitative estimate of drug-likeness (QED) is 0.282. The maximum Gasteiger partial charge on any atom is 0.416 e. The molecule has 3 nitrogen and oxygen atoms in total. The van der Waals surface area contributed by atoms with Crippen molar-refractivity contribution in [3.63, 3.8) is 0 Å². The van der Waals surface area contributed by atoms with Gasteiger partial charge in [0, 0.05) is 48.0 Å². The predicted octanol–water partition coefficient (Wildman–Crippen LogP) is 7.73. The summed E-state index contributed by atoms with van der Waals surface area (Å²) in [6.07, 6.45) is -1.52. The normalized spacial score (nSPS) is 19.3. The van der Waals surface area contributed by atoms with Crippen molar-refractivity contribution in [2.75, 3.05) is 18.4 Å². The summed E-state index contributed by atoms with van der Waals surface area (Å²) in [6.45, 7) is 2.77. The topological polar surface area (TPSA) is 20.2 Å². The van der Waals surface area contributed by atoms with Crippen LogP contribution < -0.4 is 5.32 Å². The van der Waals surface area contributed by atoms with E-state index < -0.39 is 11.7 Å². The summed E-state index contributed by atoms with van der Waals surface area (Å²) >= 11 is 0. The number of alkyl halides is 3. The molecule has 0 spiro atoms. The molecule has 4 aromatic rings. The lowest BCUT2D eigenvalue weighted by atomic mass is 9.88. The van der Waals surface area contributed by atoms with Crippen molar-refractivity contribution in [1.29, 1.82) is 0 Å². The van der Waals surface area contributed by atoms with E-state index in [2.05, 4.69) is 63.3 Å². The van der Waals surface area contributed by atoms with Gasteiger partial charge in [0.25, 0.3) is 0 Å². The van der Waals surface area contributed by atoms with Gasteiger partial charge in [0.05, 0.1) is 11.6 Å². The molecule has 2 aliphatic rings. The molecule has 1 fully saturated rings. The molecule has 0 bridgehead atoms. The van der Waals surface area contributed by atoms with Crippen LogP contribution in [0.1, 0.15) is 41.3 Å². The maximum atomic E-state index is 13.2. The molecule has 2 aliphatic heterocycles. The molecule has 1 saturated heterocycles. The maximum absolute atomic E-state index is 13.2. The third-order valence-electron chi connectivity index (χ3n) is 7.54. The van der Waals surface area contributed by atoms with Crippen molar-refractivity contribution in [3.8, 4) is 0 Å². The summed E-state index contributed by atoms with van der Waals surface area (Å²) in [6, 6.07) is 25.1. The Balaban J connectivity index is 0.00000160. The monoisotopic (exact) mass is 547 g/mol. The molecule has 37 heavy (non-hydrogen) atoms. The summed E-state index contributed by atoms with van der Waals surface area (Å²) in [4.78, 5) is 2.56. The van der Waals surface area contributed by atoms with Crippen LogP contribution in [0.3, 0.4) is 0 Å². The molecule has 1 aromatic heterocycles. The van der Waals surface area contributed by atoms with Gasteiger partial charge in [0.1, 0.15) is 0 Å². The number of para-hydroxylation sites is 1. The first-order valence-corrected chi connectivity index (χ1v) is 12.3. The molecule has 3 aromatic carbocycles. The number of nitrogens with one attached hydrogen (secondary N) is 1. The molecule has 2 atom stereocenters. The third kappa shape index (κ3) is 5.33. The second-order valence-corrected chi connectivity index (χ2v) is 9.70. The van der Waals surface area contributed by atoms with Gasteiger partial charge in [-0.05, 0) is 54.7 Å². The lowest BCUT2D eigenvalue weighted by Gasteiger charge is -2.43. The minimum atomic E-state index is -4.34. The fourth-order valence-electron chi connectivity index (χ4n) is 5.95. The van der Waals surface area contributed by atoms with Crippen molar-refractivity contribution < 1.29 is 13.2 Å². The van der Waals surface area contributed by atoms with Gasteiger partial charge in [-0.15, -0.1) is 24.8 Å². The van der Waals surface area contributed by atoms with Gasteiger partial charge in [0.2, 0.25) is 0 Å². The number of rotatable bonds is 4. The fourth-order valence-corrected chi connectivity index (χ4v) is 5.95. The van der Waals surface area contributed by atoms with E-state index in [1.165, 1.54) is 39.9 Å². The molecular weight excluding hydrogens is 518 g/mol. The van der Waals surface area contributed by atoms with Crippen molar-refractivity contribution >= 4 is 41.4 Å². The van der Waals surface area contributed by atoms with Gasteiger partial charge in [-0.2, -0.15) is 13.2 Å². The van der Waals surface area contributed by atoms with E-state index in [1.807, 2.05) is 6.07 Å². The average Bonchev–Trinajstić information content (AvgIpc) is 3.18. The van der Waals surface area contributed by atoms with Gasteiger partial charge >= 0.3 is 6.18 Å². The van der Waals surface area contributed by atoms with Crippen molar-refractivity contribution in [1.82, 2.24) is 9.47 Å². The van der Waals surface area contributed by atoms with E-state index in [-0.39, 0.29) is 36.9 Å². The number of fused-ring (bicyclic) bond motifs is 5. The Morgan fingerprint density at radius 2 is 1.62 bits per heavy atom. The van der Waals surface area contributed by atoms with Crippen LogP contribution in [-0.2, 0) is 19.1 Å². The highest BCUT2D eigenvalue weighted by Gasteiger charge is 2.37. The van der Waals surface area contributed by atoms with Gasteiger partial charge in [0.15, 0.2) is 0 Å². The largest absolute Gasteiger partial charge is 0.416 e. The van der Waals surface area contributed by atoms with Crippen LogP contribution in [-0.4, -0.2) is 28.6 Å². The van der Waals surface area contributed by atoms with Crippen LogP contribution in [0.5, 0.6) is 0 Å². The molecule has 0 amide bonds. The number of aromatic nitrogens is 1. The summed E-state index contributed by atoms with van der Waals surface area (Å²) in [7, 11) is 0. The summed E-state index contributed by atoms with van der Waals surface area (Å²) < 4.78 is 42.1. The smallest absolute Gasteiger partial charge is 0.382 e. The van der Waals surface area contributed by atoms with Crippen LogP contribution in [0.2, 0.25) is 0 Å². The van der Waals surface area contributed by atoms with E-state index in [0.29, 0.717) is 5.69 Å². The Hall–Kier alpha value is -2.67. The highest BCUT2D eigenvalue weighted by Crippen LogP contribution is 2.42. The van der Waals surface area contributed by atoms with E-state index in [9.17, 15) is 13.2 Å². The van der Waals surface area contributed by atoms with Gasteiger partial charge < -0.3 is 9.88 Å². The van der Waals surface area contributed by atoms with E-state index in [4.69, 9.17) is 0 Å². The molecule has 8 heteroatoms. The number of anilines is 1. The Morgan fingerprint density at radius 1 is 0.865 bits per heavy atom. The molecule has 0 aliphatic carbocycles. The van der Waals surface area contributed by atoms with E-state index in [1.54, 1.807) is 6.07 Å². The Morgan fingerprint density at radius 3 is 2.41 bits per heavy atom. The second-order valence-electron chi connectivity index (χ2n) is 9.70. The van der Waals surface area contributed by atoms with Crippen LogP contribution in [0.4, 0.5) is 18.9 Å². The molecule has 6 rings (SSSR count). The summed E-state index contributed by atoms with van der Waals surface area (Å²) in [5, 5.41) is 4.75. The fraction of sp³-hybridized carbons (Fsp3) is 0.310. The number of halogens is 5. The predicted molar refractivity (Wildman–Crippen MR) is 148 cm³/mol. The Bertz CT molecular complexity index is 1350. The minimum absolute atomic E-state index is 0. The van der Waals surface area contributed by atoms with Gasteiger partial charge in [-0.3, -0.25) is 4.90 Å². The molecule has 1 N–H and O–H groups in total. The Labute approximate surface area is 227 Å². The van der Waals surface area contributed by atoms with Crippen LogP contribution in [0.25, 0.3) is 10.9 Å². The lowest BCUT2D eigenvalue weighted by Crippen LogP contribution is -2.45. The van der Waals surface area contributed by atoms with E-state index >= 15 is 0 Å². The standard InChI is InChI=1S/C29H28F3N3.2ClH/c30-29(31,32)21-9-6-10-22(17-21)33-23-13-15-34-16-14-25-24-11-4-5-12-26(24)35(28(25)27(34)18-23)19-20-7-2-1-3-8-20;;/h1-12,17,23,27,33H,13-16,18-19H2;2*1H. The molecule has 0 radical (unpaired) electrons. The average molecular weight is 548 g/mol. The lowest BCUT2D eigenvalue weighted by molar-refractivity contribution is -0.137. The zero-order valence-corrected chi connectivity index (χ0v) is 21.9. The molecule has 3 heterocycles. The highest BCUT2D eigenvalue weighted by atomic mass is 35.5. The SMILES string of the molecule is Cl.Cl.FC(F)(F)c1cccc(NC2CCN3CCc4c(n(Cc5ccccc5)c5ccccc45)C3C2)c1. The molecule has 2 unspecified atom stereocenters. The summed E-state index contributed by atoms with van der Waals surface area (Å²) in [5.74, 6) is 0.